The van der Waals surface area contributed by atoms with Crippen LogP contribution in [0.15, 0.2) is 48.5 Å². The van der Waals surface area contributed by atoms with Gasteiger partial charge in [0.05, 0.1) is 12.7 Å². The fraction of sp³-hybridized carbons (Fsp3) is 0.348. The molecule has 2 aromatic rings. The molecule has 0 heterocycles. The minimum absolute atomic E-state index is 0.0621. The molecular formula is C23H26N2O7. The molecule has 32 heavy (non-hydrogen) atoms. The van der Waals surface area contributed by atoms with Crippen LogP contribution in [0.3, 0.4) is 0 Å². The molecule has 1 aliphatic rings. The van der Waals surface area contributed by atoms with E-state index < -0.39 is 36.2 Å². The summed E-state index contributed by atoms with van der Waals surface area (Å²) in [6, 6.07) is 13.1. The molecule has 1 aliphatic carbocycles. The lowest BCUT2D eigenvalue weighted by Crippen LogP contribution is -2.56. The molecule has 0 fully saturated rings. The molecule has 0 bridgehead atoms. The van der Waals surface area contributed by atoms with Crippen LogP contribution in [0, 0.1) is 0 Å². The minimum Gasteiger partial charge on any atom is -0.480 e. The van der Waals surface area contributed by atoms with Crippen LogP contribution in [0.4, 0.5) is 4.79 Å². The van der Waals surface area contributed by atoms with Gasteiger partial charge in [-0.25, -0.2) is 9.59 Å². The number of benzene rings is 2. The zero-order valence-corrected chi connectivity index (χ0v) is 17.8. The predicted molar refractivity (Wildman–Crippen MR) is 115 cm³/mol. The van der Waals surface area contributed by atoms with Crippen molar-refractivity contribution in [3.05, 3.63) is 59.7 Å². The standard InChI is InChI=1S/C23H26N2O7/c1-13(26)20(22(28)29)25-21(27)19(12-31-2)24-23(30)32-11-18-16-9-5-3-7-14(16)15-8-4-6-10-17(15)18/h3-10,13,18-20,26H,11-12H2,1-2H3,(H,24,30)(H,25,27)(H,28,29)/t13-,19+,20+/m1/s1. The van der Waals surface area contributed by atoms with Gasteiger partial charge in [0.1, 0.15) is 12.6 Å². The van der Waals surface area contributed by atoms with Crippen molar-refractivity contribution in [1.29, 1.82) is 0 Å². The van der Waals surface area contributed by atoms with Gasteiger partial charge in [-0.1, -0.05) is 48.5 Å². The van der Waals surface area contributed by atoms with Crippen molar-refractivity contribution >= 4 is 18.0 Å². The molecule has 2 aromatic carbocycles. The Balaban J connectivity index is 1.65. The monoisotopic (exact) mass is 442 g/mol. The number of rotatable bonds is 9. The van der Waals surface area contributed by atoms with Crippen molar-refractivity contribution in [3.63, 3.8) is 0 Å². The zero-order valence-electron chi connectivity index (χ0n) is 17.8. The number of hydrogen-bond donors (Lipinski definition) is 4. The molecule has 0 unspecified atom stereocenters. The summed E-state index contributed by atoms with van der Waals surface area (Å²) >= 11 is 0. The summed E-state index contributed by atoms with van der Waals surface area (Å²) in [6.07, 6.45) is -2.16. The Bertz CT molecular complexity index is 946. The van der Waals surface area contributed by atoms with Gasteiger partial charge in [-0.2, -0.15) is 0 Å². The van der Waals surface area contributed by atoms with Gasteiger partial charge in [0.2, 0.25) is 5.91 Å². The van der Waals surface area contributed by atoms with E-state index in [-0.39, 0.29) is 19.1 Å². The van der Waals surface area contributed by atoms with Gasteiger partial charge in [0.15, 0.2) is 6.04 Å². The molecule has 0 spiro atoms. The SMILES string of the molecule is COC[C@H](NC(=O)OCC1c2ccccc2-c2ccccc21)C(=O)N[C@H](C(=O)O)[C@@H](C)O. The Labute approximate surface area is 185 Å². The molecule has 0 radical (unpaired) electrons. The quantitative estimate of drug-likeness (QED) is 0.462. The summed E-state index contributed by atoms with van der Waals surface area (Å²) in [5.74, 6) is -2.35. The second-order valence-corrected chi connectivity index (χ2v) is 7.54. The van der Waals surface area contributed by atoms with E-state index in [1.165, 1.54) is 14.0 Å². The highest BCUT2D eigenvalue weighted by Crippen LogP contribution is 2.44. The average molecular weight is 442 g/mol. The van der Waals surface area contributed by atoms with Gasteiger partial charge in [0.25, 0.3) is 0 Å². The summed E-state index contributed by atoms with van der Waals surface area (Å²) in [5, 5.41) is 23.3. The Kier molecular flexibility index (Phi) is 7.45. The molecule has 0 saturated carbocycles. The van der Waals surface area contributed by atoms with Gasteiger partial charge in [0, 0.05) is 13.0 Å². The van der Waals surface area contributed by atoms with E-state index in [1.54, 1.807) is 0 Å². The number of fused-ring (bicyclic) bond motifs is 3. The molecule has 0 saturated heterocycles. The van der Waals surface area contributed by atoms with E-state index in [2.05, 4.69) is 10.6 Å². The topological polar surface area (TPSA) is 134 Å². The summed E-state index contributed by atoms with van der Waals surface area (Å²) in [4.78, 5) is 36.1. The maximum Gasteiger partial charge on any atom is 0.407 e. The maximum atomic E-state index is 12.4. The summed E-state index contributed by atoms with van der Waals surface area (Å²) in [7, 11) is 1.34. The zero-order chi connectivity index (χ0) is 23.3. The van der Waals surface area contributed by atoms with Crippen LogP contribution >= 0.6 is 0 Å². The number of hydrogen-bond acceptors (Lipinski definition) is 6. The van der Waals surface area contributed by atoms with Crippen molar-refractivity contribution in [2.45, 2.75) is 31.0 Å². The third-order valence-electron chi connectivity index (χ3n) is 5.33. The number of aliphatic carboxylic acids is 1. The van der Waals surface area contributed by atoms with E-state index in [4.69, 9.17) is 14.6 Å². The molecule has 3 rings (SSSR count). The van der Waals surface area contributed by atoms with E-state index in [1.807, 2.05) is 48.5 Å². The molecule has 0 aliphatic heterocycles. The predicted octanol–water partition coefficient (Wildman–Crippen LogP) is 1.49. The Morgan fingerprint density at radius 2 is 1.56 bits per heavy atom. The number of carbonyl (C=O) groups excluding carboxylic acids is 2. The van der Waals surface area contributed by atoms with Crippen molar-refractivity contribution in [2.24, 2.45) is 0 Å². The number of alkyl carbamates (subject to hydrolysis) is 1. The smallest absolute Gasteiger partial charge is 0.407 e. The van der Waals surface area contributed by atoms with Crippen molar-refractivity contribution in [1.82, 2.24) is 10.6 Å². The Hall–Kier alpha value is -3.43. The lowest BCUT2D eigenvalue weighted by Gasteiger charge is -2.22. The number of amides is 2. The van der Waals surface area contributed by atoms with Gasteiger partial charge < -0.3 is 30.3 Å². The number of methoxy groups -OCH3 is 1. The number of aliphatic hydroxyl groups is 1. The summed E-state index contributed by atoms with van der Waals surface area (Å²) in [5.41, 5.74) is 4.28. The average Bonchev–Trinajstić information content (AvgIpc) is 3.09. The second kappa shape index (κ2) is 10.3. The second-order valence-electron chi connectivity index (χ2n) is 7.54. The lowest BCUT2D eigenvalue weighted by atomic mass is 9.98. The van der Waals surface area contributed by atoms with Crippen LogP contribution in [-0.4, -0.2) is 66.7 Å². The lowest BCUT2D eigenvalue weighted by molar-refractivity contribution is -0.145. The van der Waals surface area contributed by atoms with Crippen molar-refractivity contribution in [3.8, 4) is 11.1 Å². The third-order valence-corrected chi connectivity index (χ3v) is 5.33. The maximum absolute atomic E-state index is 12.4. The summed E-state index contributed by atoms with van der Waals surface area (Å²) < 4.78 is 10.4. The first-order valence-corrected chi connectivity index (χ1v) is 10.1. The first-order valence-electron chi connectivity index (χ1n) is 10.1. The van der Waals surface area contributed by atoms with E-state index in [0.717, 1.165) is 22.3 Å². The van der Waals surface area contributed by atoms with Gasteiger partial charge >= 0.3 is 12.1 Å². The van der Waals surface area contributed by atoms with Gasteiger partial charge in [-0.05, 0) is 29.2 Å². The van der Waals surface area contributed by atoms with Gasteiger partial charge in [-0.15, -0.1) is 0 Å². The minimum atomic E-state index is -1.52. The molecule has 4 N–H and O–H groups in total. The molecule has 9 nitrogen and oxygen atoms in total. The first-order chi connectivity index (χ1) is 15.3. The van der Waals surface area contributed by atoms with Crippen molar-refractivity contribution in [2.75, 3.05) is 20.3 Å². The van der Waals surface area contributed by atoms with E-state index in [9.17, 15) is 19.5 Å². The van der Waals surface area contributed by atoms with E-state index in [0.29, 0.717) is 0 Å². The molecular weight excluding hydrogens is 416 g/mol. The highest BCUT2D eigenvalue weighted by atomic mass is 16.5. The van der Waals surface area contributed by atoms with Crippen LogP contribution in [0.2, 0.25) is 0 Å². The third kappa shape index (κ3) is 5.06. The molecule has 2 amide bonds. The highest BCUT2D eigenvalue weighted by Gasteiger charge is 2.31. The van der Waals surface area contributed by atoms with E-state index >= 15 is 0 Å². The van der Waals surface area contributed by atoms with Crippen LogP contribution in [-0.2, 0) is 19.1 Å². The molecule has 0 aromatic heterocycles. The van der Waals surface area contributed by atoms with Crippen LogP contribution in [0.5, 0.6) is 0 Å². The van der Waals surface area contributed by atoms with Crippen molar-refractivity contribution < 1.29 is 34.1 Å². The normalized spacial score (nSPS) is 15.1. The molecule has 170 valence electrons. The van der Waals surface area contributed by atoms with Crippen LogP contribution in [0.25, 0.3) is 11.1 Å². The van der Waals surface area contributed by atoms with Crippen LogP contribution < -0.4 is 10.6 Å². The number of carboxylic acids is 1. The molecule has 3 atom stereocenters. The summed E-state index contributed by atoms with van der Waals surface area (Å²) in [6.45, 7) is 1.10. The highest BCUT2D eigenvalue weighted by molar-refractivity contribution is 5.89. The number of nitrogens with one attached hydrogen (secondary N) is 2. The van der Waals surface area contributed by atoms with Crippen LogP contribution in [0.1, 0.15) is 24.0 Å². The number of aliphatic hydroxyl groups excluding tert-OH is 1. The van der Waals surface area contributed by atoms with Gasteiger partial charge in [-0.3, -0.25) is 4.79 Å². The largest absolute Gasteiger partial charge is 0.480 e. The Morgan fingerprint density at radius 3 is 2.06 bits per heavy atom. The fourth-order valence-electron chi connectivity index (χ4n) is 3.77. The Morgan fingerprint density at radius 1 is 1.00 bits per heavy atom. The number of carbonyl (C=O) groups is 3. The fourth-order valence-corrected chi connectivity index (χ4v) is 3.77. The molecule has 9 heteroatoms. The number of carboxylic acid groups (broad SMARTS) is 1. The number of ether oxygens (including phenoxy) is 2. The first kappa shape index (κ1) is 23.2.